The molecule has 0 unspecified atom stereocenters. The molecule has 0 bridgehead atoms. The maximum atomic E-state index is 11.8. The first-order chi connectivity index (χ1) is 12.6. The van der Waals surface area contributed by atoms with Gasteiger partial charge in [0.1, 0.15) is 11.5 Å². The van der Waals surface area contributed by atoms with Crippen LogP contribution in [0.4, 0.5) is 5.82 Å². The molecule has 2 aromatic rings. The third kappa shape index (κ3) is 3.31. The van der Waals surface area contributed by atoms with Crippen LogP contribution in [0.2, 0.25) is 0 Å². The number of anilines is 1. The van der Waals surface area contributed by atoms with Gasteiger partial charge in [-0.3, -0.25) is 4.98 Å². The molecule has 0 radical (unpaired) electrons. The molecular weight excluding hydrogens is 350 g/mol. The lowest BCUT2D eigenvalue weighted by atomic mass is 10.0. The van der Waals surface area contributed by atoms with Crippen LogP contribution in [0.5, 0.6) is 0 Å². The Labute approximate surface area is 153 Å². The Bertz CT molecular complexity index is 895. The Morgan fingerprint density at radius 2 is 2.08 bits per heavy atom. The first kappa shape index (κ1) is 17.4. The van der Waals surface area contributed by atoms with Gasteiger partial charge in [0.05, 0.1) is 5.75 Å². The summed E-state index contributed by atoms with van der Waals surface area (Å²) in [4.78, 5) is 13.8. The standard InChI is InChI=1S/C18H23N5O2S/c1-2-26(24,25)23-11-13(12-23)10-20-17-14-6-5-8-15(14)21-18(22-17)16-7-3-4-9-19-16/h3-4,7,9,13H,2,5-6,8,10-12H2,1H3,(H,20,21,22). The number of rotatable bonds is 6. The molecule has 1 fully saturated rings. The van der Waals surface area contributed by atoms with Crippen LogP contribution in [0, 0.1) is 5.92 Å². The van der Waals surface area contributed by atoms with Crippen molar-refractivity contribution in [3.8, 4) is 11.5 Å². The molecule has 0 aromatic carbocycles. The molecule has 2 aromatic heterocycles. The van der Waals surface area contributed by atoms with E-state index < -0.39 is 10.0 Å². The van der Waals surface area contributed by atoms with E-state index in [-0.39, 0.29) is 5.75 Å². The second kappa shape index (κ2) is 6.92. The lowest BCUT2D eigenvalue weighted by Gasteiger charge is -2.38. The lowest BCUT2D eigenvalue weighted by Crippen LogP contribution is -2.52. The fraction of sp³-hybridized carbons (Fsp3) is 0.500. The summed E-state index contributed by atoms with van der Waals surface area (Å²) in [6.45, 7) is 3.58. The van der Waals surface area contributed by atoms with Crippen molar-refractivity contribution in [2.45, 2.75) is 26.2 Å². The first-order valence-electron chi connectivity index (χ1n) is 9.09. The number of hydrogen-bond acceptors (Lipinski definition) is 6. The van der Waals surface area contributed by atoms with E-state index in [4.69, 9.17) is 9.97 Å². The van der Waals surface area contributed by atoms with Gasteiger partial charge >= 0.3 is 0 Å². The van der Waals surface area contributed by atoms with E-state index in [1.807, 2.05) is 18.2 Å². The molecule has 1 saturated heterocycles. The summed E-state index contributed by atoms with van der Waals surface area (Å²) in [6.07, 6.45) is 4.80. The van der Waals surface area contributed by atoms with Crippen molar-refractivity contribution in [3.05, 3.63) is 35.7 Å². The van der Waals surface area contributed by atoms with E-state index in [1.54, 1.807) is 17.4 Å². The highest BCUT2D eigenvalue weighted by atomic mass is 32.2. The summed E-state index contributed by atoms with van der Waals surface area (Å²) in [6, 6.07) is 5.73. The molecule has 0 spiro atoms. The highest BCUT2D eigenvalue weighted by Crippen LogP contribution is 2.29. The molecule has 1 N–H and O–H groups in total. The minimum Gasteiger partial charge on any atom is -0.369 e. The Morgan fingerprint density at radius 3 is 2.81 bits per heavy atom. The van der Waals surface area contributed by atoms with Gasteiger partial charge in [0.15, 0.2) is 5.82 Å². The Hall–Kier alpha value is -2.06. The minimum absolute atomic E-state index is 0.167. The van der Waals surface area contributed by atoms with E-state index in [0.717, 1.165) is 43.0 Å². The Kier molecular flexibility index (Phi) is 4.62. The molecule has 0 amide bonds. The van der Waals surface area contributed by atoms with Crippen LogP contribution in [0.3, 0.4) is 0 Å². The zero-order valence-electron chi connectivity index (χ0n) is 14.9. The number of hydrogen-bond donors (Lipinski definition) is 1. The smallest absolute Gasteiger partial charge is 0.213 e. The highest BCUT2D eigenvalue weighted by molar-refractivity contribution is 7.89. The van der Waals surface area contributed by atoms with Gasteiger partial charge in [0, 0.05) is 43.0 Å². The monoisotopic (exact) mass is 373 g/mol. The number of nitrogens with one attached hydrogen (secondary N) is 1. The Morgan fingerprint density at radius 1 is 1.23 bits per heavy atom. The maximum absolute atomic E-state index is 11.8. The summed E-state index contributed by atoms with van der Waals surface area (Å²) in [5.74, 6) is 2.02. The van der Waals surface area contributed by atoms with Gasteiger partial charge in [-0.25, -0.2) is 22.7 Å². The van der Waals surface area contributed by atoms with Gasteiger partial charge in [0.25, 0.3) is 0 Å². The summed E-state index contributed by atoms with van der Waals surface area (Å²) < 4.78 is 25.2. The van der Waals surface area contributed by atoms with E-state index in [2.05, 4.69) is 10.3 Å². The van der Waals surface area contributed by atoms with E-state index in [9.17, 15) is 8.42 Å². The quantitative estimate of drug-likeness (QED) is 0.829. The number of pyridine rings is 1. The van der Waals surface area contributed by atoms with Gasteiger partial charge in [0.2, 0.25) is 10.0 Å². The average molecular weight is 373 g/mol. The molecule has 0 atom stereocenters. The summed E-state index contributed by atoms with van der Waals surface area (Å²) in [7, 11) is -3.06. The summed E-state index contributed by atoms with van der Waals surface area (Å²) in [5.41, 5.74) is 3.07. The van der Waals surface area contributed by atoms with Crippen molar-refractivity contribution in [3.63, 3.8) is 0 Å². The normalized spacial score (nSPS) is 17.7. The van der Waals surface area contributed by atoms with Crippen molar-refractivity contribution < 1.29 is 8.42 Å². The van der Waals surface area contributed by atoms with Crippen molar-refractivity contribution in [1.82, 2.24) is 19.3 Å². The summed E-state index contributed by atoms with van der Waals surface area (Å²) in [5, 5.41) is 3.45. The van der Waals surface area contributed by atoms with Crippen LogP contribution in [0.1, 0.15) is 24.6 Å². The fourth-order valence-electron chi connectivity index (χ4n) is 3.49. The summed E-state index contributed by atoms with van der Waals surface area (Å²) >= 11 is 0. The molecule has 138 valence electrons. The molecule has 26 heavy (non-hydrogen) atoms. The van der Waals surface area contributed by atoms with Crippen LogP contribution in [-0.4, -0.2) is 53.1 Å². The highest BCUT2D eigenvalue weighted by Gasteiger charge is 2.34. The van der Waals surface area contributed by atoms with Crippen LogP contribution in [0.25, 0.3) is 11.5 Å². The molecule has 1 aliphatic carbocycles. The first-order valence-corrected chi connectivity index (χ1v) is 10.7. The predicted molar refractivity (Wildman–Crippen MR) is 100 cm³/mol. The molecule has 7 nitrogen and oxygen atoms in total. The number of sulfonamides is 1. The second-order valence-electron chi connectivity index (χ2n) is 6.85. The fourth-order valence-corrected chi connectivity index (χ4v) is 4.73. The van der Waals surface area contributed by atoms with Crippen LogP contribution < -0.4 is 5.32 Å². The molecule has 8 heteroatoms. The number of fused-ring (bicyclic) bond motifs is 1. The molecule has 2 aliphatic rings. The van der Waals surface area contributed by atoms with Crippen molar-refractivity contribution in [1.29, 1.82) is 0 Å². The lowest BCUT2D eigenvalue weighted by molar-refractivity contribution is 0.212. The maximum Gasteiger partial charge on any atom is 0.213 e. The van der Waals surface area contributed by atoms with Gasteiger partial charge < -0.3 is 5.32 Å². The number of aryl methyl sites for hydroxylation is 1. The third-order valence-corrected chi connectivity index (χ3v) is 6.88. The van der Waals surface area contributed by atoms with Crippen molar-refractivity contribution in [2.24, 2.45) is 5.92 Å². The molecule has 1 aliphatic heterocycles. The zero-order valence-corrected chi connectivity index (χ0v) is 15.7. The van der Waals surface area contributed by atoms with E-state index in [0.29, 0.717) is 24.8 Å². The SMILES string of the molecule is CCS(=O)(=O)N1CC(CNc2nc(-c3ccccn3)nc3c2CCC3)C1. The molecule has 0 saturated carbocycles. The van der Waals surface area contributed by atoms with Gasteiger partial charge in [-0.05, 0) is 38.3 Å². The Balaban J connectivity index is 1.48. The van der Waals surface area contributed by atoms with Crippen LogP contribution >= 0.6 is 0 Å². The minimum atomic E-state index is -3.06. The molecule has 4 rings (SSSR count). The zero-order chi connectivity index (χ0) is 18.1. The van der Waals surface area contributed by atoms with Crippen LogP contribution in [-0.2, 0) is 22.9 Å². The number of nitrogens with zero attached hydrogens (tertiary/aromatic N) is 4. The van der Waals surface area contributed by atoms with Crippen LogP contribution in [0.15, 0.2) is 24.4 Å². The predicted octanol–water partition coefficient (Wildman–Crippen LogP) is 1.72. The third-order valence-electron chi connectivity index (χ3n) is 5.07. The van der Waals surface area contributed by atoms with Crippen molar-refractivity contribution in [2.75, 3.05) is 30.7 Å². The average Bonchev–Trinajstić information content (AvgIpc) is 3.09. The van der Waals surface area contributed by atoms with E-state index >= 15 is 0 Å². The second-order valence-corrected chi connectivity index (χ2v) is 9.11. The van der Waals surface area contributed by atoms with Gasteiger partial charge in [-0.15, -0.1) is 0 Å². The van der Waals surface area contributed by atoms with Crippen molar-refractivity contribution >= 4 is 15.8 Å². The molecule has 3 heterocycles. The van der Waals surface area contributed by atoms with Gasteiger partial charge in [-0.2, -0.15) is 0 Å². The van der Waals surface area contributed by atoms with Gasteiger partial charge in [-0.1, -0.05) is 6.07 Å². The molecular formula is C18H23N5O2S. The largest absolute Gasteiger partial charge is 0.369 e. The number of aromatic nitrogens is 3. The topological polar surface area (TPSA) is 88.1 Å². The van der Waals surface area contributed by atoms with E-state index in [1.165, 1.54) is 5.56 Å².